The number of morpholine rings is 2. The van der Waals surface area contributed by atoms with Crippen molar-refractivity contribution in [1.29, 1.82) is 0 Å². The summed E-state index contributed by atoms with van der Waals surface area (Å²) in [6.07, 6.45) is 0. The second-order valence-corrected chi connectivity index (χ2v) is 9.06. The van der Waals surface area contributed by atoms with Gasteiger partial charge in [-0.15, -0.1) is 0 Å². The molecule has 2 fully saturated rings. The van der Waals surface area contributed by atoms with Crippen molar-refractivity contribution in [3.8, 4) is 0 Å². The van der Waals surface area contributed by atoms with Crippen molar-refractivity contribution in [3.63, 3.8) is 0 Å². The molecule has 0 aromatic heterocycles. The minimum absolute atomic E-state index is 0. The van der Waals surface area contributed by atoms with E-state index in [4.69, 9.17) is 9.47 Å². The van der Waals surface area contributed by atoms with Crippen molar-refractivity contribution in [2.24, 2.45) is 0 Å². The fourth-order valence-corrected chi connectivity index (χ4v) is 5.09. The minimum atomic E-state index is -4.53. The first-order chi connectivity index (χ1) is 11.2. The van der Waals surface area contributed by atoms with Gasteiger partial charge in [0.2, 0.25) is 0 Å². The Bertz CT molecular complexity index is 603. The zero-order chi connectivity index (χ0) is 17.8. The Morgan fingerprint density at radius 2 is 1.36 bits per heavy atom. The second kappa shape index (κ2) is 10.3. The monoisotopic (exact) mass is 412 g/mol. The fraction of sp³-hybridized carbons (Fsp3) is 1.00. The molecule has 13 heteroatoms. The van der Waals surface area contributed by atoms with E-state index >= 15 is 0 Å². The van der Waals surface area contributed by atoms with Crippen LogP contribution in [-0.4, -0.2) is 141 Å². The molecule has 2 atom stereocenters. The van der Waals surface area contributed by atoms with E-state index in [0.29, 0.717) is 52.6 Å². The Balaban J connectivity index is 0.00000312. The first kappa shape index (κ1) is 23.7. The standard InChI is InChI=1S/C12H24N2O8S2.Na.H/c15-23(16,17)10-11(14-3-7-22-8-4-14)12(24(18,19)20)9-13-1-5-21-6-2-13;;/h11-12H,1-10H2,(H,15,16,17)(H,18,19,20);;. The molecule has 10 nitrogen and oxygen atoms in total. The third-order valence-electron chi connectivity index (χ3n) is 4.25. The molecule has 2 N–H and O–H groups in total. The molecule has 2 saturated heterocycles. The number of ether oxygens (including phenoxy) is 2. The van der Waals surface area contributed by atoms with Crippen LogP contribution in [0.5, 0.6) is 0 Å². The molecule has 2 heterocycles. The van der Waals surface area contributed by atoms with Crippen molar-refractivity contribution in [2.75, 3.05) is 64.9 Å². The van der Waals surface area contributed by atoms with Crippen LogP contribution in [0, 0.1) is 0 Å². The van der Waals surface area contributed by atoms with Crippen molar-refractivity contribution in [2.45, 2.75) is 11.3 Å². The summed E-state index contributed by atoms with van der Waals surface area (Å²) >= 11 is 0. The Morgan fingerprint density at radius 3 is 1.80 bits per heavy atom. The summed E-state index contributed by atoms with van der Waals surface area (Å²) in [5, 5.41) is -1.35. The summed E-state index contributed by atoms with van der Waals surface area (Å²) in [7, 11) is -8.95. The molecule has 2 rings (SSSR count). The van der Waals surface area contributed by atoms with Crippen LogP contribution in [0.1, 0.15) is 0 Å². The molecule has 2 aliphatic rings. The molecule has 0 aromatic rings. The van der Waals surface area contributed by atoms with Crippen LogP contribution in [0.4, 0.5) is 0 Å². The summed E-state index contributed by atoms with van der Waals surface area (Å²) in [4.78, 5) is 3.44. The molecule has 0 amide bonds. The summed E-state index contributed by atoms with van der Waals surface area (Å²) in [6.45, 7) is 3.17. The van der Waals surface area contributed by atoms with Crippen molar-refractivity contribution < 1.29 is 35.4 Å². The van der Waals surface area contributed by atoms with Crippen molar-refractivity contribution in [1.82, 2.24) is 9.80 Å². The molecular weight excluding hydrogens is 387 g/mol. The third kappa shape index (κ3) is 8.05. The number of hydrogen-bond acceptors (Lipinski definition) is 8. The summed E-state index contributed by atoms with van der Waals surface area (Å²) < 4.78 is 76.0. The predicted molar refractivity (Wildman–Crippen MR) is 92.3 cm³/mol. The van der Waals surface area contributed by atoms with Crippen molar-refractivity contribution in [3.05, 3.63) is 0 Å². The first-order valence-electron chi connectivity index (χ1n) is 7.70. The van der Waals surface area contributed by atoms with Crippen LogP contribution in [0.15, 0.2) is 0 Å². The van der Waals surface area contributed by atoms with Gasteiger partial charge < -0.3 is 9.47 Å². The average molecular weight is 412 g/mol. The van der Waals surface area contributed by atoms with Crippen molar-refractivity contribution >= 4 is 49.8 Å². The number of rotatable bonds is 7. The zero-order valence-electron chi connectivity index (χ0n) is 13.3. The van der Waals surface area contributed by atoms with Gasteiger partial charge in [0.25, 0.3) is 20.2 Å². The van der Waals surface area contributed by atoms with E-state index in [9.17, 15) is 25.9 Å². The number of hydrogen-bond donors (Lipinski definition) is 2. The Kier molecular flexibility index (Phi) is 9.74. The first-order valence-corrected chi connectivity index (χ1v) is 10.8. The van der Waals surface area contributed by atoms with Crippen LogP contribution in [0.2, 0.25) is 0 Å². The summed E-state index contributed by atoms with van der Waals surface area (Å²) in [5.74, 6) is -0.762. The van der Waals surface area contributed by atoms with Gasteiger partial charge in [-0.05, 0) is 0 Å². The number of nitrogens with zero attached hydrogens (tertiary/aromatic N) is 2. The van der Waals surface area contributed by atoms with Gasteiger partial charge in [-0.2, -0.15) is 16.8 Å². The van der Waals surface area contributed by atoms with Crippen LogP contribution < -0.4 is 0 Å². The van der Waals surface area contributed by atoms with Gasteiger partial charge in [0.1, 0.15) is 5.25 Å². The Hall–Kier alpha value is 0.660. The normalized spacial score (nSPS) is 23.6. The third-order valence-corrected chi connectivity index (χ3v) is 6.24. The molecule has 144 valence electrons. The summed E-state index contributed by atoms with van der Waals surface area (Å²) in [6, 6.07) is -1.05. The summed E-state index contributed by atoms with van der Waals surface area (Å²) in [5.41, 5.74) is 0. The predicted octanol–water partition coefficient (Wildman–Crippen LogP) is -2.48. The van der Waals surface area contributed by atoms with E-state index in [0.717, 1.165) is 0 Å². The van der Waals surface area contributed by atoms with Gasteiger partial charge in [-0.1, -0.05) is 0 Å². The molecule has 0 aromatic carbocycles. The van der Waals surface area contributed by atoms with Crippen LogP contribution in [0.25, 0.3) is 0 Å². The SMILES string of the molecule is O=S(=O)(O)CC(C(CN1CCOCC1)S(=O)(=O)O)N1CCOCC1.[NaH]. The van der Waals surface area contributed by atoms with Gasteiger partial charge in [-0.3, -0.25) is 18.9 Å². The maximum atomic E-state index is 11.9. The van der Waals surface area contributed by atoms with Gasteiger partial charge in [0, 0.05) is 38.8 Å². The van der Waals surface area contributed by atoms with Crippen LogP contribution in [0.3, 0.4) is 0 Å². The van der Waals surface area contributed by atoms with E-state index in [1.807, 2.05) is 0 Å². The van der Waals surface area contributed by atoms with E-state index in [1.54, 1.807) is 9.80 Å². The second-order valence-electron chi connectivity index (χ2n) is 5.93. The molecule has 25 heavy (non-hydrogen) atoms. The van der Waals surface area contributed by atoms with E-state index in [-0.39, 0.29) is 36.1 Å². The molecule has 0 aliphatic carbocycles. The van der Waals surface area contributed by atoms with Crippen LogP contribution >= 0.6 is 0 Å². The maximum absolute atomic E-state index is 11.9. The zero-order valence-corrected chi connectivity index (χ0v) is 14.9. The van der Waals surface area contributed by atoms with Gasteiger partial charge in [0.15, 0.2) is 0 Å². The van der Waals surface area contributed by atoms with Gasteiger partial charge in [-0.25, -0.2) is 0 Å². The van der Waals surface area contributed by atoms with E-state index in [2.05, 4.69) is 0 Å². The topological polar surface area (TPSA) is 134 Å². The van der Waals surface area contributed by atoms with Gasteiger partial charge in [0.05, 0.1) is 32.2 Å². The molecule has 0 radical (unpaired) electrons. The fourth-order valence-electron chi connectivity index (χ4n) is 3.03. The molecule has 2 aliphatic heterocycles. The van der Waals surface area contributed by atoms with Gasteiger partial charge >= 0.3 is 29.6 Å². The molecule has 0 spiro atoms. The molecular formula is C12H25N2NaO8S2. The quantitative estimate of drug-likeness (QED) is 0.342. The average Bonchev–Trinajstić information content (AvgIpc) is 2.50. The molecule has 2 unspecified atom stereocenters. The Morgan fingerprint density at radius 1 is 0.880 bits per heavy atom. The van der Waals surface area contributed by atoms with Crippen LogP contribution in [-0.2, 0) is 29.7 Å². The Labute approximate surface area is 170 Å². The van der Waals surface area contributed by atoms with E-state index in [1.165, 1.54) is 0 Å². The molecule has 0 saturated carbocycles. The molecule has 0 bridgehead atoms. The van der Waals surface area contributed by atoms with E-state index < -0.39 is 37.3 Å².